The van der Waals surface area contributed by atoms with Gasteiger partial charge in [-0.1, -0.05) is 30.3 Å². The number of aromatic hydroxyl groups is 1. The molecular formula is C28H39N3O5. The molecule has 36 heavy (non-hydrogen) atoms. The molecule has 0 radical (unpaired) electrons. The van der Waals surface area contributed by atoms with Crippen molar-refractivity contribution < 1.29 is 24.2 Å². The first-order valence-electron chi connectivity index (χ1n) is 12.3. The summed E-state index contributed by atoms with van der Waals surface area (Å²) in [7, 11) is 0. The van der Waals surface area contributed by atoms with Crippen molar-refractivity contribution in [2.45, 2.75) is 78.5 Å². The van der Waals surface area contributed by atoms with Gasteiger partial charge in [0.2, 0.25) is 11.8 Å². The third-order valence-electron chi connectivity index (χ3n) is 5.63. The van der Waals surface area contributed by atoms with Crippen LogP contribution in [-0.4, -0.2) is 47.2 Å². The zero-order chi connectivity index (χ0) is 26.9. The topological polar surface area (TPSA) is 117 Å². The van der Waals surface area contributed by atoms with Crippen molar-refractivity contribution in [1.82, 2.24) is 16.0 Å². The maximum absolute atomic E-state index is 13.2. The van der Waals surface area contributed by atoms with Crippen LogP contribution in [0.5, 0.6) is 5.75 Å². The molecule has 4 N–H and O–H groups in total. The number of ether oxygens (including phenoxy) is 1. The van der Waals surface area contributed by atoms with Gasteiger partial charge in [0.05, 0.1) is 0 Å². The van der Waals surface area contributed by atoms with Crippen LogP contribution in [0.2, 0.25) is 0 Å². The lowest BCUT2D eigenvalue weighted by atomic mass is 9.95. The van der Waals surface area contributed by atoms with Gasteiger partial charge in [-0.2, -0.15) is 0 Å². The second-order valence-electron chi connectivity index (χ2n) is 10.1. The van der Waals surface area contributed by atoms with Gasteiger partial charge in [-0.3, -0.25) is 9.59 Å². The third-order valence-corrected chi connectivity index (χ3v) is 5.63. The Bertz CT molecular complexity index is 1020. The summed E-state index contributed by atoms with van der Waals surface area (Å²) in [6.45, 7) is 11.0. The number of aryl methyl sites for hydroxylation is 3. The lowest BCUT2D eigenvalue weighted by molar-refractivity contribution is -0.129. The van der Waals surface area contributed by atoms with E-state index in [0.29, 0.717) is 6.54 Å². The molecule has 2 aromatic rings. The van der Waals surface area contributed by atoms with E-state index in [0.717, 1.165) is 29.5 Å². The maximum atomic E-state index is 13.2. The molecule has 3 amide bonds. The Morgan fingerprint density at radius 1 is 0.972 bits per heavy atom. The molecule has 196 valence electrons. The number of phenols is 1. The highest BCUT2D eigenvalue weighted by Gasteiger charge is 2.28. The smallest absolute Gasteiger partial charge is 0.408 e. The Balaban J connectivity index is 2.02. The minimum absolute atomic E-state index is 0.132. The van der Waals surface area contributed by atoms with Crippen molar-refractivity contribution in [1.29, 1.82) is 0 Å². The van der Waals surface area contributed by atoms with Crippen molar-refractivity contribution in [2.75, 3.05) is 6.54 Å². The first kappa shape index (κ1) is 28.7. The largest absolute Gasteiger partial charge is 0.508 e. The molecule has 8 nitrogen and oxygen atoms in total. The highest BCUT2D eigenvalue weighted by Crippen LogP contribution is 2.22. The van der Waals surface area contributed by atoms with Crippen LogP contribution in [-0.2, 0) is 27.2 Å². The summed E-state index contributed by atoms with van der Waals surface area (Å²) in [5.41, 5.74) is 2.87. The van der Waals surface area contributed by atoms with Gasteiger partial charge >= 0.3 is 6.09 Å². The van der Waals surface area contributed by atoms with Crippen LogP contribution in [0.3, 0.4) is 0 Å². The van der Waals surface area contributed by atoms with Gasteiger partial charge in [0.15, 0.2) is 0 Å². The molecule has 0 fully saturated rings. The second-order valence-corrected chi connectivity index (χ2v) is 10.1. The number of nitrogens with one attached hydrogen (secondary N) is 3. The molecule has 0 aliphatic rings. The predicted octanol–water partition coefficient (Wildman–Crippen LogP) is 3.70. The Morgan fingerprint density at radius 2 is 1.58 bits per heavy atom. The molecule has 0 saturated heterocycles. The predicted molar refractivity (Wildman–Crippen MR) is 140 cm³/mol. The summed E-state index contributed by atoms with van der Waals surface area (Å²) in [4.78, 5) is 38.2. The Labute approximate surface area is 213 Å². The van der Waals surface area contributed by atoms with Crippen molar-refractivity contribution in [3.8, 4) is 5.75 Å². The molecule has 2 aromatic carbocycles. The van der Waals surface area contributed by atoms with Gasteiger partial charge < -0.3 is 25.8 Å². The third kappa shape index (κ3) is 9.60. The molecule has 0 spiro atoms. The fourth-order valence-electron chi connectivity index (χ4n) is 3.84. The monoisotopic (exact) mass is 497 g/mol. The number of alkyl carbamates (subject to hydrolysis) is 1. The number of amides is 3. The average Bonchev–Trinajstić information content (AvgIpc) is 2.77. The minimum Gasteiger partial charge on any atom is -0.508 e. The standard InChI is InChI=1S/C28H39N3O5/c1-18-15-22(32)16-19(2)23(18)17-24(31-27(35)36-28(4,5)6)26(34)30-20(3)25(33)29-14-10-13-21-11-8-7-9-12-21/h7-9,11-12,15-16,20,24,32H,10,13-14,17H2,1-6H3,(H,29,33)(H,30,34)(H,31,35)/t20-,24-/m1/s1. The summed E-state index contributed by atoms with van der Waals surface area (Å²) < 4.78 is 5.34. The SMILES string of the molecule is Cc1cc(O)cc(C)c1C[C@@H](NC(=O)OC(C)(C)C)C(=O)N[C@H](C)C(=O)NCCCc1ccccc1. The van der Waals surface area contributed by atoms with Gasteiger partial charge in [0, 0.05) is 13.0 Å². The van der Waals surface area contributed by atoms with E-state index < -0.39 is 29.7 Å². The van der Waals surface area contributed by atoms with E-state index in [-0.39, 0.29) is 18.1 Å². The van der Waals surface area contributed by atoms with Crippen LogP contribution in [0, 0.1) is 13.8 Å². The van der Waals surface area contributed by atoms with Gasteiger partial charge in [0.25, 0.3) is 0 Å². The number of phenolic OH excluding ortho intramolecular Hbond substituents is 1. The molecule has 0 heterocycles. The molecule has 2 rings (SSSR count). The fraction of sp³-hybridized carbons (Fsp3) is 0.464. The minimum atomic E-state index is -0.977. The van der Waals surface area contributed by atoms with Crippen molar-refractivity contribution in [2.24, 2.45) is 0 Å². The molecule has 0 aliphatic carbocycles. The normalized spacial score (nSPS) is 12.8. The molecule has 0 bridgehead atoms. The molecule has 2 atom stereocenters. The Hall–Kier alpha value is -3.55. The van der Waals surface area contributed by atoms with Gasteiger partial charge in [-0.15, -0.1) is 0 Å². The molecule has 0 aromatic heterocycles. The number of benzene rings is 2. The van der Waals surface area contributed by atoms with Crippen LogP contribution in [0.25, 0.3) is 0 Å². The number of rotatable bonds is 10. The van der Waals surface area contributed by atoms with Crippen molar-refractivity contribution in [3.63, 3.8) is 0 Å². The highest BCUT2D eigenvalue weighted by atomic mass is 16.6. The van der Waals surface area contributed by atoms with E-state index in [1.807, 2.05) is 44.2 Å². The summed E-state index contributed by atoms with van der Waals surface area (Å²) >= 11 is 0. The summed E-state index contributed by atoms with van der Waals surface area (Å²) in [5, 5.41) is 18.0. The zero-order valence-corrected chi connectivity index (χ0v) is 22.1. The summed E-state index contributed by atoms with van der Waals surface area (Å²) in [6, 6.07) is 11.5. The van der Waals surface area contributed by atoms with Gasteiger partial charge in [0.1, 0.15) is 23.4 Å². The van der Waals surface area contributed by atoms with Crippen LogP contribution in [0.1, 0.15) is 56.4 Å². The van der Waals surface area contributed by atoms with Crippen LogP contribution in [0.15, 0.2) is 42.5 Å². The Kier molecular flexibility index (Phi) is 10.3. The van der Waals surface area contributed by atoms with E-state index in [1.165, 1.54) is 5.56 Å². The molecule has 0 saturated carbocycles. The highest BCUT2D eigenvalue weighted by molar-refractivity contribution is 5.91. The first-order chi connectivity index (χ1) is 16.9. The summed E-state index contributed by atoms with van der Waals surface area (Å²) in [6.07, 6.45) is 1.07. The van der Waals surface area contributed by atoms with Crippen LogP contribution < -0.4 is 16.0 Å². The molecule has 8 heteroatoms. The summed E-state index contributed by atoms with van der Waals surface area (Å²) in [5.74, 6) is -0.670. The number of carbonyl (C=O) groups excluding carboxylic acids is 3. The van der Waals surface area contributed by atoms with E-state index in [2.05, 4.69) is 16.0 Å². The quantitative estimate of drug-likeness (QED) is 0.374. The number of carbonyl (C=O) groups is 3. The number of hydrogen-bond acceptors (Lipinski definition) is 5. The van der Waals surface area contributed by atoms with Gasteiger partial charge in [-0.05, 0) is 88.8 Å². The van der Waals surface area contributed by atoms with E-state index >= 15 is 0 Å². The van der Waals surface area contributed by atoms with E-state index in [9.17, 15) is 19.5 Å². The van der Waals surface area contributed by atoms with Crippen LogP contribution >= 0.6 is 0 Å². The second kappa shape index (κ2) is 13.0. The fourth-order valence-corrected chi connectivity index (χ4v) is 3.84. The average molecular weight is 498 g/mol. The zero-order valence-electron chi connectivity index (χ0n) is 22.1. The lowest BCUT2D eigenvalue weighted by Crippen LogP contribution is -2.54. The van der Waals surface area contributed by atoms with E-state index in [1.54, 1.807) is 39.8 Å². The molecule has 0 aliphatic heterocycles. The molecule has 0 unspecified atom stereocenters. The molecular weight excluding hydrogens is 458 g/mol. The van der Waals surface area contributed by atoms with E-state index in [4.69, 9.17) is 4.74 Å². The van der Waals surface area contributed by atoms with Crippen molar-refractivity contribution >= 4 is 17.9 Å². The van der Waals surface area contributed by atoms with Gasteiger partial charge in [-0.25, -0.2) is 4.79 Å². The maximum Gasteiger partial charge on any atom is 0.408 e. The van der Waals surface area contributed by atoms with Crippen LogP contribution in [0.4, 0.5) is 4.79 Å². The number of hydrogen-bond donors (Lipinski definition) is 4. The Morgan fingerprint density at radius 3 is 2.17 bits per heavy atom. The first-order valence-corrected chi connectivity index (χ1v) is 12.3. The van der Waals surface area contributed by atoms with Crippen molar-refractivity contribution in [3.05, 3.63) is 64.7 Å². The lowest BCUT2D eigenvalue weighted by Gasteiger charge is -2.25.